The second kappa shape index (κ2) is 4.18. The van der Waals surface area contributed by atoms with Gasteiger partial charge in [0, 0.05) is 6.20 Å². The fraction of sp³-hybridized carbons (Fsp3) is 0.231. The Hall–Kier alpha value is -2.30. The van der Waals surface area contributed by atoms with E-state index in [0.29, 0.717) is 5.95 Å². The third-order valence-electron chi connectivity index (χ3n) is 2.79. The predicted octanol–water partition coefficient (Wildman–Crippen LogP) is 2.80. The summed E-state index contributed by atoms with van der Waals surface area (Å²) < 4.78 is 7.11. The minimum absolute atomic E-state index is 0.0403. The van der Waals surface area contributed by atoms with Gasteiger partial charge in [-0.05, 0) is 37.6 Å². The largest absolute Gasteiger partial charge is 0.467 e. The van der Waals surface area contributed by atoms with Crippen LogP contribution in [-0.4, -0.2) is 14.6 Å². The first-order valence-corrected chi connectivity index (χ1v) is 5.85. The Morgan fingerprint density at radius 1 is 1.33 bits per heavy atom. The number of anilines is 1. The van der Waals surface area contributed by atoms with Gasteiger partial charge in [-0.25, -0.2) is 4.52 Å². The molecule has 0 aliphatic rings. The first kappa shape index (κ1) is 10.8. The maximum Gasteiger partial charge on any atom is 0.243 e. The van der Waals surface area contributed by atoms with E-state index in [4.69, 9.17) is 4.42 Å². The molecule has 0 radical (unpaired) electrons. The van der Waals surface area contributed by atoms with Crippen molar-refractivity contribution in [2.45, 2.75) is 19.9 Å². The lowest BCUT2D eigenvalue weighted by Crippen LogP contribution is -2.06. The van der Waals surface area contributed by atoms with Crippen molar-refractivity contribution in [2.75, 3.05) is 5.32 Å². The number of fused-ring (bicyclic) bond motifs is 1. The summed E-state index contributed by atoms with van der Waals surface area (Å²) in [5, 5.41) is 7.59. The highest BCUT2D eigenvalue weighted by Crippen LogP contribution is 2.17. The minimum atomic E-state index is 0.0403. The van der Waals surface area contributed by atoms with E-state index in [1.807, 2.05) is 44.3 Å². The Morgan fingerprint density at radius 2 is 2.22 bits per heavy atom. The van der Waals surface area contributed by atoms with Gasteiger partial charge >= 0.3 is 0 Å². The molecule has 0 fully saturated rings. The molecule has 3 aromatic heterocycles. The van der Waals surface area contributed by atoms with Crippen molar-refractivity contribution in [3.05, 3.63) is 48.0 Å². The maximum atomic E-state index is 5.34. The molecule has 1 N–H and O–H groups in total. The average molecular weight is 242 g/mol. The van der Waals surface area contributed by atoms with E-state index in [0.717, 1.165) is 17.0 Å². The van der Waals surface area contributed by atoms with Crippen molar-refractivity contribution in [3.8, 4) is 0 Å². The first-order chi connectivity index (χ1) is 8.72. The predicted molar refractivity (Wildman–Crippen MR) is 68.5 cm³/mol. The van der Waals surface area contributed by atoms with Crippen molar-refractivity contribution in [2.24, 2.45) is 0 Å². The van der Waals surface area contributed by atoms with Gasteiger partial charge in [-0.3, -0.25) is 0 Å². The second-order valence-corrected chi connectivity index (χ2v) is 4.33. The van der Waals surface area contributed by atoms with Crippen molar-refractivity contribution >= 4 is 11.6 Å². The Labute approximate surface area is 104 Å². The van der Waals surface area contributed by atoms with Gasteiger partial charge in [-0.1, -0.05) is 6.07 Å². The third-order valence-corrected chi connectivity index (χ3v) is 2.79. The van der Waals surface area contributed by atoms with Gasteiger partial charge in [0.2, 0.25) is 5.95 Å². The van der Waals surface area contributed by atoms with Crippen molar-refractivity contribution in [3.63, 3.8) is 0 Å². The maximum absolute atomic E-state index is 5.34. The van der Waals surface area contributed by atoms with Gasteiger partial charge in [0.25, 0.3) is 0 Å². The highest BCUT2D eigenvalue weighted by molar-refractivity contribution is 5.44. The molecular weight excluding hydrogens is 228 g/mol. The van der Waals surface area contributed by atoms with E-state index in [2.05, 4.69) is 15.4 Å². The van der Waals surface area contributed by atoms with E-state index in [9.17, 15) is 0 Å². The highest BCUT2D eigenvalue weighted by Gasteiger charge is 2.11. The van der Waals surface area contributed by atoms with Crippen LogP contribution < -0.4 is 5.32 Å². The second-order valence-electron chi connectivity index (χ2n) is 4.33. The number of aryl methyl sites for hydroxylation is 1. The molecule has 5 nitrogen and oxygen atoms in total. The highest BCUT2D eigenvalue weighted by atomic mass is 16.3. The van der Waals surface area contributed by atoms with Crippen LogP contribution in [0, 0.1) is 6.92 Å². The van der Waals surface area contributed by atoms with Crippen LogP contribution in [0.15, 0.2) is 41.1 Å². The standard InChI is InChI=1S/C13H14N4O/c1-9-5-6-12-15-13(16-17(12)8-9)14-10(2)11-4-3-7-18-11/h3-8,10H,1-2H3,(H,14,16). The fourth-order valence-corrected chi connectivity index (χ4v) is 1.85. The van der Waals surface area contributed by atoms with E-state index >= 15 is 0 Å². The van der Waals surface area contributed by atoms with Crippen LogP contribution in [0.1, 0.15) is 24.3 Å². The summed E-state index contributed by atoms with van der Waals surface area (Å²) in [7, 11) is 0. The number of furan rings is 1. The summed E-state index contributed by atoms with van der Waals surface area (Å²) in [4.78, 5) is 4.40. The zero-order valence-corrected chi connectivity index (χ0v) is 10.3. The Kier molecular flexibility index (Phi) is 2.51. The number of rotatable bonds is 3. The van der Waals surface area contributed by atoms with Gasteiger partial charge in [-0.15, -0.1) is 5.10 Å². The Bertz CT molecular complexity index is 657. The first-order valence-electron chi connectivity index (χ1n) is 5.85. The number of nitrogens with zero attached hydrogens (tertiary/aromatic N) is 3. The van der Waals surface area contributed by atoms with Gasteiger partial charge < -0.3 is 9.73 Å². The summed E-state index contributed by atoms with van der Waals surface area (Å²) in [5.41, 5.74) is 1.98. The Morgan fingerprint density at radius 3 is 3.00 bits per heavy atom. The van der Waals surface area contributed by atoms with Gasteiger partial charge in [-0.2, -0.15) is 4.98 Å². The third kappa shape index (κ3) is 1.95. The van der Waals surface area contributed by atoms with E-state index < -0.39 is 0 Å². The smallest absolute Gasteiger partial charge is 0.243 e. The molecule has 1 unspecified atom stereocenters. The molecule has 92 valence electrons. The summed E-state index contributed by atoms with van der Waals surface area (Å²) in [6.45, 7) is 4.04. The van der Waals surface area contributed by atoms with E-state index in [-0.39, 0.29) is 6.04 Å². The number of hydrogen-bond acceptors (Lipinski definition) is 4. The van der Waals surface area contributed by atoms with E-state index in [1.165, 1.54) is 0 Å². The number of nitrogens with one attached hydrogen (secondary N) is 1. The lowest BCUT2D eigenvalue weighted by atomic mass is 10.2. The lowest BCUT2D eigenvalue weighted by Gasteiger charge is -2.08. The Balaban J connectivity index is 1.86. The zero-order chi connectivity index (χ0) is 12.5. The normalized spacial score (nSPS) is 12.8. The number of hydrogen-bond donors (Lipinski definition) is 1. The van der Waals surface area contributed by atoms with Crippen LogP contribution >= 0.6 is 0 Å². The lowest BCUT2D eigenvalue weighted by molar-refractivity contribution is 0.489. The molecule has 0 bridgehead atoms. The van der Waals surface area contributed by atoms with Crippen LogP contribution in [0.25, 0.3) is 5.65 Å². The van der Waals surface area contributed by atoms with Crippen LogP contribution in [-0.2, 0) is 0 Å². The molecule has 0 saturated carbocycles. The molecule has 3 aromatic rings. The van der Waals surface area contributed by atoms with Gasteiger partial charge in [0.1, 0.15) is 5.76 Å². The van der Waals surface area contributed by atoms with E-state index in [1.54, 1.807) is 10.8 Å². The fourth-order valence-electron chi connectivity index (χ4n) is 1.85. The van der Waals surface area contributed by atoms with Crippen LogP contribution in [0.3, 0.4) is 0 Å². The molecule has 0 aliphatic heterocycles. The van der Waals surface area contributed by atoms with Crippen LogP contribution in [0.5, 0.6) is 0 Å². The molecular formula is C13H14N4O. The number of pyridine rings is 1. The summed E-state index contributed by atoms with van der Waals surface area (Å²) in [6.07, 6.45) is 3.61. The molecule has 0 amide bonds. The summed E-state index contributed by atoms with van der Waals surface area (Å²) in [5.74, 6) is 1.47. The number of aromatic nitrogens is 3. The molecule has 0 aromatic carbocycles. The van der Waals surface area contributed by atoms with Crippen LogP contribution in [0.4, 0.5) is 5.95 Å². The van der Waals surface area contributed by atoms with Crippen molar-refractivity contribution in [1.29, 1.82) is 0 Å². The molecule has 3 rings (SSSR count). The molecule has 5 heteroatoms. The molecule has 1 atom stereocenters. The average Bonchev–Trinajstić information content (AvgIpc) is 2.95. The quantitative estimate of drug-likeness (QED) is 0.767. The van der Waals surface area contributed by atoms with Crippen molar-refractivity contribution in [1.82, 2.24) is 14.6 Å². The monoisotopic (exact) mass is 242 g/mol. The minimum Gasteiger partial charge on any atom is -0.467 e. The molecule has 0 aliphatic carbocycles. The topological polar surface area (TPSA) is 55.4 Å². The van der Waals surface area contributed by atoms with Crippen LogP contribution in [0.2, 0.25) is 0 Å². The zero-order valence-electron chi connectivity index (χ0n) is 10.3. The molecule has 0 saturated heterocycles. The molecule has 0 spiro atoms. The summed E-state index contributed by atoms with van der Waals surface area (Å²) >= 11 is 0. The van der Waals surface area contributed by atoms with Gasteiger partial charge in [0.15, 0.2) is 5.65 Å². The van der Waals surface area contributed by atoms with Crippen molar-refractivity contribution < 1.29 is 4.42 Å². The SMILES string of the molecule is Cc1ccc2nc(NC(C)c3ccco3)nn2c1. The molecule has 18 heavy (non-hydrogen) atoms. The van der Waals surface area contributed by atoms with Gasteiger partial charge in [0.05, 0.1) is 12.3 Å². The molecule has 3 heterocycles. The summed E-state index contributed by atoms with van der Waals surface area (Å²) in [6, 6.07) is 7.80.